The van der Waals surface area contributed by atoms with E-state index >= 15 is 0 Å². The van der Waals surface area contributed by atoms with Crippen molar-refractivity contribution in [2.24, 2.45) is 0 Å². The van der Waals surface area contributed by atoms with Crippen LogP contribution in [0.3, 0.4) is 0 Å². The maximum absolute atomic E-state index is 13.2. The molecule has 1 fully saturated rings. The molecule has 2 aliphatic rings. The standard InChI is InChI=1S/C25H27ClN4O5S/c1-16-27-13-21-14-29(24(32)30(16)21)20-7-9-28(10-8-20)23(31)25(2,33)15-36(34,35)22-6-4-17-11-19(26)5-3-18(17)12-22/h3-6,11-13,20,33H,7-10,14-15H2,1-2H3. The molecule has 2 aromatic carbocycles. The first kappa shape index (κ1) is 24.7. The maximum atomic E-state index is 13.2. The summed E-state index contributed by atoms with van der Waals surface area (Å²) in [7, 11) is -3.95. The van der Waals surface area contributed by atoms with Gasteiger partial charge in [0.05, 0.1) is 29.1 Å². The van der Waals surface area contributed by atoms with Gasteiger partial charge in [0.1, 0.15) is 5.82 Å². The predicted octanol–water partition coefficient (Wildman–Crippen LogP) is 3.00. The summed E-state index contributed by atoms with van der Waals surface area (Å²) in [6, 6.07) is 9.62. The minimum absolute atomic E-state index is 0.0327. The zero-order chi connectivity index (χ0) is 25.8. The number of hydrogen-bond donors (Lipinski definition) is 1. The fraction of sp³-hybridized carbons (Fsp3) is 0.400. The van der Waals surface area contributed by atoms with Crippen LogP contribution in [0.5, 0.6) is 0 Å². The topological polar surface area (TPSA) is 113 Å². The van der Waals surface area contributed by atoms with Crippen LogP contribution in [0.4, 0.5) is 4.79 Å². The number of nitrogens with zero attached hydrogens (tertiary/aromatic N) is 4. The molecule has 9 nitrogen and oxygen atoms in total. The number of aliphatic hydroxyl groups is 1. The van der Waals surface area contributed by atoms with E-state index in [1.165, 1.54) is 24.0 Å². The number of sulfone groups is 1. The van der Waals surface area contributed by atoms with Crippen molar-refractivity contribution < 1.29 is 23.1 Å². The molecule has 3 heterocycles. The molecule has 2 amide bonds. The Labute approximate surface area is 214 Å². The second-order valence-electron chi connectivity index (χ2n) is 9.75. The highest BCUT2D eigenvalue weighted by Crippen LogP contribution is 2.28. The van der Waals surface area contributed by atoms with Crippen LogP contribution in [0, 0.1) is 6.92 Å². The summed E-state index contributed by atoms with van der Waals surface area (Å²) in [5, 5.41) is 13.0. The van der Waals surface area contributed by atoms with Crippen LogP contribution >= 0.6 is 11.6 Å². The van der Waals surface area contributed by atoms with E-state index < -0.39 is 27.1 Å². The van der Waals surface area contributed by atoms with Gasteiger partial charge >= 0.3 is 6.03 Å². The van der Waals surface area contributed by atoms with Crippen LogP contribution in [0.25, 0.3) is 10.8 Å². The fourth-order valence-electron chi connectivity index (χ4n) is 5.14. The number of hydrogen-bond acceptors (Lipinski definition) is 6. The first-order valence-corrected chi connectivity index (χ1v) is 13.8. The van der Waals surface area contributed by atoms with Crippen molar-refractivity contribution in [3.63, 3.8) is 0 Å². The zero-order valence-corrected chi connectivity index (χ0v) is 21.6. The van der Waals surface area contributed by atoms with Crippen LogP contribution < -0.4 is 0 Å². The first-order valence-electron chi connectivity index (χ1n) is 11.7. The summed E-state index contributed by atoms with van der Waals surface area (Å²) >= 11 is 6.00. The molecule has 5 rings (SSSR count). The Kier molecular flexibility index (Phi) is 6.09. The Morgan fingerprint density at radius 2 is 1.83 bits per heavy atom. The Hall–Kier alpha value is -2.95. The van der Waals surface area contributed by atoms with E-state index in [-0.39, 0.29) is 17.0 Å². The molecule has 1 saturated heterocycles. The highest BCUT2D eigenvalue weighted by Gasteiger charge is 2.42. The average molecular weight is 531 g/mol. The van der Waals surface area contributed by atoms with Crippen LogP contribution in [0.15, 0.2) is 47.5 Å². The number of aromatic nitrogens is 2. The van der Waals surface area contributed by atoms with Crippen LogP contribution in [0.1, 0.15) is 31.3 Å². The van der Waals surface area contributed by atoms with E-state index in [1.807, 2.05) is 0 Å². The maximum Gasteiger partial charge on any atom is 0.330 e. The van der Waals surface area contributed by atoms with Crippen molar-refractivity contribution in [1.82, 2.24) is 19.4 Å². The second-order valence-corrected chi connectivity index (χ2v) is 12.2. The predicted molar refractivity (Wildman–Crippen MR) is 135 cm³/mol. The number of carbonyl (C=O) groups is 2. The van der Waals surface area contributed by atoms with Gasteiger partial charge < -0.3 is 14.9 Å². The summed E-state index contributed by atoms with van der Waals surface area (Å²) < 4.78 is 27.8. The summed E-state index contributed by atoms with van der Waals surface area (Å²) in [5.41, 5.74) is -1.24. The Balaban J connectivity index is 1.24. The molecule has 190 valence electrons. The zero-order valence-electron chi connectivity index (χ0n) is 20.0. The summed E-state index contributed by atoms with van der Waals surface area (Å²) in [6.45, 7) is 4.16. The van der Waals surface area contributed by atoms with Crippen molar-refractivity contribution in [3.8, 4) is 0 Å². The molecule has 11 heteroatoms. The van der Waals surface area contributed by atoms with E-state index in [2.05, 4.69) is 4.98 Å². The molecule has 36 heavy (non-hydrogen) atoms. The van der Waals surface area contributed by atoms with E-state index in [0.717, 1.165) is 11.1 Å². The number of benzene rings is 2. The molecule has 1 N–H and O–H groups in total. The number of amides is 2. The number of piperidine rings is 1. The van der Waals surface area contributed by atoms with Crippen LogP contribution in [-0.2, 0) is 21.2 Å². The van der Waals surface area contributed by atoms with Gasteiger partial charge in [-0.15, -0.1) is 0 Å². The number of rotatable bonds is 5. The molecule has 1 aromatic heterocycles. The van der Waals surface area contributed by atoms with Crippen LogP contribution in [0.2, 0.25) is 5.02 Å². The molecule has 3 aromatic rings. The number of fused-ring (bicyclic) bond motifs is 2. The molecule has 1 atom stereocenters. The average Bonchev–Trinajstić information content (AvgIpc) is 3.37. The van der Waals surface area contributed by atoms with Gasteiger partial charge in [0, 0.05) is 24.2 Å². The van der Waals surface area contributed by atoms with Gasteiger partial charge in [-0.3, -0.25) is 9.36 Å². The smallest absolute Gasteiger partial charge is 0.330 e. The molecule has 0 radical (unpaired) electrons. The van der Waals surface area contributed by atoms with E-state index in [9.17, 15) is 23.1 Å². The van der Waals surface area contributed by atoms with Gasteiger partial charge in [-0.1, -0.05) is 23.7 Å². The lowest BCUT2D eigenvalue weighted by Gasteiger charge is -2.38. The normalized spacial score (nSPS) is 18.5. The third kappa shape index (κ3) is 4.38. The van der Waals surface area contributed by atoms with Gasteiger partial charge in [0.15, 0.2) is 15.4 Å². The minimum atomic E-state index is -3.95. The van der Waals surface area contributed by atoms with Gasteiger partial charge in [-0.2, -0.15) is 0 Å². The Morgan fingerprint density at radius 1 is 1.17 bits per heavy atom. The Bertz CT molecular complexity index is 1470. The number of carbonyl (C=O) groups excluding carboxylic acids is 2. The van der Waals surface area contributed by atoms with Gasteiger partial charge in [0.2, 0.25) is 0 Å². The van der Waals surface area contributed by atoms with Crippen molar-refractivity contribution in [3.05, 3.63) is 59.1 Å². The number of aryl methyl sites for hydroxylation is 1. The fourth-order valence-corrected chi connectivity index (χ4v) is 6.94. The van der Waals surface area contributed by atoms with Gasteiger partial charge in [-0.05, 0) is 61.7 Å². The number of imidazole rings is 1. The number of likely N-dealkylation sites (tertiary alicyclic amines) is 1. The van der Waals surface area contributed by atoms with E-state index in [1.54, 1.807) is 46.9 Å². The van der Waals surface area contributed by atoms with Gasteiger partial charge in [0.25, 0.3) is 5.91 Å². The van der Waals surface area contributed by atoms with E-state index in [4.69, 9.17) is 11.6 Å². The minimum Gasteiger partial charge on any atom is -0.379 e. The molecule has 0 saturated carbocycles. The largest absolute Gasteiger partial charge is 0.379 e. The van der Waals surface area contributed by atoms with Crippen molar-refractivity contribution in [2.45, 2.75) is 49.8 Å². The van der Waals surface area contributed by atoms with Gasteiger partial charge in [-0.25, -0.2) is 18.2 Å². The SMILES string of the molecule is Cc1ncc2n1C(=O)N(C1CCN(C(=O)C(C)(O)CS(=O)(=O)c3ccc4cc(Cl)ccc4c3)CC1)C2. The quantitative estimate of drug-likeness (QED) is 0.542. The Morgan fingerprint density at radius 3 is 2.53 bits per heavy atom. The first-order chi connectivity index (χ1) is 17.0. The highest BCUT2D eigenvalue weighted by molar-refractivity contribution is 7.91. The lowest BCUT2D eigenvalue weighted by atomic mass is 10.0. The second kappa shape index (κ2) is 8.86. The summed E-state index contributed by atoms with van der Waals surface area (Å²) in [6.07, 6.45) is 2.80. The molecule has 0 spiro atoms. The molecule has 2 aliphatic heterocycles. The molecule has 1 unspecified atom stereocenters. The molecule has 0 aliphatic carbocycles. The molecule has 0 bridgehead atoms. The van der Waals surface area contributed by atoms with Crippen molar-refractivity contribution >= 4 is 44.1 Å². The summed E-state index contributed by atoms with van der Waals surface area (Å²) in [5.74, 6) is -0.710. The lowest BCUT2D eigenvalue weighted by Crippen LogP contribution is -2.55. The molecular formula is C25H27ClN4O5S. The lowest BCUT2D eigenvalue weighted by molar-refractivity contribution is -0.149. The third-order valence-electron chi connectivity index (χ3n) is 7.04. The number of halogens is 1. The summed E-state index contributed by atoms with van der Waals surface area (Å²) in [4.78, 5) is 33.4. The monoisotopic (exact) mass is 530 g/mol. The van der Waals surface area contributed by atoms with Crippen molar-refractivity contribution in [1.29, 1.82) is 0 Å². The van der Waals surface area contributed by atoms with Crippen LogP contribution in [-0.4, -0.2) is 75.3 Å². The third-order valence-corrected chi connectivity index (χ3v) is 9.19. The van der Waals surface area contributed by atoms with E-state index in [0.29, 0.717) is 48.7 Å². The van der Waals surface area contributed by atoms with Crippen molar-refractivity contribution in [2.75, 3.05) is 18.8 Å². The molecular weight excluding hydrogens is 504 g/mol. The highest BCUT2D eigenvalue weighted by atomic mass is 35.5.